The molecule has 0 radical (unpaired) electrons. The quantitative estimate of drug-likeness (QED) is 0.140. The number of ether oxygens (including phenoxy) is 1. The molecule has 0 saturated heterocycles. The van der Waals surface area contributed by atoms with E-state index in [-0.39, 0.29) is 18.1 Å². The average Bonchev–Trinajstić information content (AvgIpc) is 3.01. The largest absolute Gasteiger partial charge is 0.508 e. The molecule has 8 heteroatoms. The number of amides is 3. The van der Waals surface area contributed by atoms with Gasteiger partial charge in [-0.05, 0) is 85.8 Å². The molecular weight excluding hydrogens is 578 g/mol. The van der Waals surface area contributed by atoms with Gasteiger partial charge in [-0.1, -0.05) is 86.5 Å². The molecule has 4 aromatic carbocycles. The van der Waals surface area contributed by atoms with Gasteiger partial charge in [0.1, 0.15) is 23.4 Å². The van der Waals surface area contributed by atoms with Gasteiger partial charge >= 0.3 is 6.09 Å². The Bertz CT molecular complexity index is 1640. The van der Waals surface area contributed by atoms with Crippen molar-refractivity contribution < 1.29 is 24.2 Å². The Morgan fingerprint density at radius 2 is 1.54 bits per heavy atom. The van der Waals surface area contributed by atoms with Crippen LogP contribution in [0, 0.1) is 6.92 Å². The van der Waals surface area contributed by atoms with E-state index in [2.05, 4.69) is 17.6 Å². The van der Waals surface area contributed by atoms with E-state index in [0.717, 1.165) is 34.7 Å². The Balaban J connectivity index is 1.76. The molecule has 242 valence electrons. The number of hydrogen-bond acceptors (Lipinski definition) is 5. The molecule has 0 aliphatic rings. The van der Waals surface area contributed by atoms with Gasteiger partial charge < -0.3 is 25.4 Å². The fourth-order valence-corrected chi connectivity index (χ4v) is 5.44. The fraction of sp³-hybridized carbons (Fsp3) is 0.342. The number of rotatable bonds is 12. The molecule has 4 rings (SSSR count). The Kier molecular flexibility index (Phi) is 11.4. The van der Waals surface area contributed by atoms with Gasteiger partial charge in [0.25, 0.3) is 5.91 Å². The number of hydrogen-bond donors (Lipinski definition) is 3. The van der Waals surface area contributed by atoms with Gasteiger partial charge in [-0.25, -0.2) is 4.79 Å². The predicted molar refractivity (Wildman–Crippen MR) is 183 cm³/mol. The van der Waals surface area contributed by atoms with Crippen LogP contribution in [-0.4, -0.2) is 46.1 Å². The number of phenols is 1. The van der Waals surface area contributed by atoms with E-state index in [4.69, 9.17) is 4.74 Å². The van der Waals surface area contributed by atoms with Crippen molar-refractivity contribution in [3.05, 3.63) is 108 Å². The molecule has 3 amide bonds. The van der Waals surface area contributed by atoms with Crippen LogP contribution in [0.2, 0.25) is 0 Å². The lowest BCUT2D eigenvalue weighted by Crippen LogP contribution is -2.53. The highest BCUT2D eigenvalue weighted by Crippen LogP contribution is 2.29. The van der Waals surface area contributed by atoms with Crippen molar-refractivity contribution in [1.29, 1.82) is 0 Å². The summed E-state index contributed by atoms with van der Waals surface area (Å²) in [6.45, 7) is 9.57. The van der Waals surface area contributed by atoms with Gasteiger partial charge in [-0.15, -0.1) is 0 Å². The molecule has 8 nitrogen and oxygen atoms in total. The highest BCUT2D eigenvalue weighted by molar-refractivity contribution is 6.00. The van der Waals surface area contributed by atoms with E-state index < -0.39 is 29.7 Å². The second-order valence-corrected chi connectivity index (χ2v) is 12.6. The number of phenolic OH excluding ortho intramolecular Hbond substituents is 1. The van der Waals surface area contributed by atoms with Crippen molar-refractivity contribution in [2.45, 2.75) is 78.0 Å². The third-order valence-electron chi connectivity index (χ3n) is 7.71. The maximum atomic E-state index is 14.7. The van der Waals surface area contributed by atoms with Crippen LogP contribution in [0.1, 0.15) is 69.7 Å². The zero-order chi connectivity index (χ0) is 33.3. The smallest absolute Gasteiger partial charge is 0.408 e. The van der Waals surface area contributed by atoms with Crippen molar-refractivity contribution >= 4 is 34.4 Å². The number of alkyl carbamates (subject to hydrolysis) is 1. The summed E-state index contributed by atoms with van der Waals surface area (Å²) in [6.07, 6.45) is 1.86. The zero-order valence-corrected chi connectivity index (χ0v) is 27.4. The standard InChI is InChI=1S/C38H45N3O5/c1-6-7-12-23-41(36(44)33(40-37(45)46-38(3,4)5)24-27-17-21-31(42)22-18-27)34(32-16-11-8-13-26(32)2)35(43)39-30-20-19-28-14-9-10-15-29(28)25-30/h8-11,13-22,25,33-34,42H,6-7,12,23-24H2,1-5H3,(H,39,43)(H,40,45). The van der Waals surface area contributed by atoms with Gasteiger partial charge in [0.15, 0.2) is 0 Å². The Morgan fingerprint density at radius 1 is 0.870 bits per heavy atom. The van der Waals surface area contributed by atoms with E-state index in [1.165, 1.54) is 12.1 Å². The summed E-state index contributed by atoms with van der Waals surface area (Å²) in [5, 5.41) is 17.7. The van der Waals surface area contributed by atoms with Crippen molar-refractivity contribution in [2.24, 2.45) is 0 Å². The zero-order valence-electron chi connectivity index (χ0n) is 27.4. The molecule has 46 heavy (non-hydrogen) atoms. The molecule has 0 aliphatic carbocycles. The molecule has 0 aliphatic heterocycles. The lowest BCUT2D eigenvalue weighted by atomic mass is 9.96. The molecule has 2 atom stereocenters. The summed E-state index contributed by atoms with van der Waals surface area (Å²) in [4.78, 5) is 43.7. The topological polar surface area (TPSA) is 108 Å². The van der Waals surface area contributed by atoms with Crippen LogP contribution in [-0.2, 0) is 20.7 Å². The highest BCUT2D eigenvalue weighted by atomic mass is 16.6. The van der Waals surface area contributed by atoms with Crippen LogP contribution in [0.4, 0.5) is 10.5 Å². The van der Waals surface area contributed by atoms with Crippen molar-refractivity contribution in [1.82, 2.24) is 10.2 Å². The van der Waals surface area contributed by atoms with Crippen molar-refractivity contribution in [3.8, 4) is 5.75 Å². The number of anilines is 1. The van der Waals surface area contributed by atoms with Gasteiger partial charge in [0.05, 0.1) is 0 Å². The predicted octanol–water partition coefficient (Wildman–Crippen LogP) is 7.69. The van der Waals surface area contributed by atoms with E-state index in [1.54, 1.807) is 37.8 Å². The van der Waals surface area contributed by atoms with Crippen LogP contribution in [0.15, 0.2) is 91.0 Å². The molecule has 0 bridgehead atoms. The van der Waals surface area contributed by atoms with Gasteiger partial charge in [-0.3, -0.25) is 9.59 Å². The number of nitrogens with one attached hydrogen (secondary N) is 2. The SMILES string of the molecule is CCCCCN(C(=O)C(Cc1ccc(O)cc1)NC(=O)OC(C)(C)C)C(C(=O)Nc1ccc2ccccc2c1)c1ccccc1C. The summed E-state index contributed by atoms with van der Waals surface area (Å²) in [5.41, 5.74) is 2.14. The third kappa shape index (κ3) is 9.33. The van der Waals surface area contributed by atoms with Crippen LogP contribution >= 0.6 is 0 Å². The Hall–Kier alpha value is -4.85. The Labute approximate surface area is 271 Å². The van der Waals surface area contributed by atoms with Crippen LogP contribution in [0.25, 0.3) is 10.8 Å². The number of aromatic hydroxyl groups is 1. The minimum Gasteiger partial charge on any atom is -0.508 e. The molecule has 2 unspecified atom stereocenters. The average molecular weight is 624 g/mol. The molecule has 4 aromatic rings. The summed E-state index contributed by atoms with van der Waals surface area (Å²) in [6, 6.07) is 25.7. The van der Waals surface area contributed by atoms with E-state index in [9.17, 15) is 19.5 Å². The lowest BCUT2D eigenvalue weighted by Gasteiger charge is -2.35. The van der Waals surface area contributed by atoms with Crippen molar-refractivity contribution in [3.63, 3.8) is 0 Å². The van der Waals surface area contributed by atoms with Gasteiger partial charge in [0.2, 0.25) is 5.91 Å². The number of carbonyl (C=O) groups is 3. The number of fused-ring (bicyclic) bond motifs is 1. The summed E-state index contributed by atoms with van der Waals surface area (Å²) < 4.78 is 5.54. The van der Waals surface area contributed by atoms with E-state index in [1.807, 2.05) is 73.7 Å². The number of aryl methyl sites for hydroxylation is 1. The summed E-state index contributed by atoms with van der Waals surface area (Å²) >= 11 is 0. The van der Waals surface area contributed by atoms with Crippen LogP contribution in [0.5, 0.6) is 5.75 Å². The monoisotopic (exact) mass is 623 g/mol. The number of benzene rings is 4. The number of unbranched alkanes of at least 4 members (excludes halogenated alkanes) is 2. The molecular formula is C38H45N3O5. The lowest BCUT2D eigenvalue weighted by molar-refractivity contribution is -0.140. The summed E-state index contributed by atoms with van der Waals surface area (Å²) in [7, 11) is 0. The number of carbonyl (C=O) groups excluding carboxylic acids is 3. The molecule has 3 N–H and O–H groups in total. The third-order valence-corrected chi connectivity index (χ3v) is 7.71. The van der Waals surface area contributed by atoms with Crippen LogP contribution < -0.4 is 10.6 Å². The first-order chi connectivity index (χ1) is 21.9. The first-order valence-corrected chi connectivity index (χ1v) is 15.9. The molecule has 0 spiro atoms. The molecule has 0 saturated carbocycles. The first-order valence-electron chi connectivity index (χ1n) is 15.9. The molecule has 0 aromatic heterocycles. The maximum Gasteiger partial charge on any atom is 0.408 e. The van der Waals surface area contributed by atoms with Gasteiger partial charge in [-0.2, -0.15) is 0 Å². The molecule has 0 fully saturated rings. The molecule has 0 heterocycles. The summed E-state index contributed by atoms with van der Waals surface area (Å²) in [5.74, 6) is -0.662. The van der Waals surface area contributed by atoms with Crippen molar-refractivity contribution in [2.75, 3.05) is 11.9 Å². The first kappa shape index (κ1) is 34.0. The minimum absolute atomic E-state index is 0.0953. The Morgan fingerprint density at radius 3 is 2.22 bits per heavy atom. The van der Waals surface area contributed by atoms with E-state index >= 15 is 0 Å². The van der Waals surface area contributed by atoms with Gasteiger partial charge in [0, 0.05) is 18.7 Å². The van der Waals surface area contributed by atoms with Crippen LogP contribution in [0.3, 0.4) is 0 Å². The maximum absolute atomic E-state index is 14.7. The minimum atomic E-state index is -1.04. The fourth-order valence-electron chi connectivity index (χ4n) is 5.44. The van der Waals surface area contributed by atoms with E-state index in [0.29, 0.717) is 24.2 Å². The number of nitrogens with zero attached hydrogens (tertiary/aromatic N) is 1. The normalized spacial score (nSPS) is 12.6. The second kappa shape index (κ2) is 15.4. The second-order valence-electron chi connectivity index (χ2n) is 12.6. The highest BCUT2D eigenvalue weighted by Gasteiger charge is 2.37.